The molecule has 0 spiro atoms. The average molecular weight is 325 g/mol. The van der Waals surface area contributed by atoms with Gasteiger partial charge >= 0.3 is 6.18 Å². The summed E-state index contributed by atoms with van der Waals surface area (Å²) >= 11 is 0. The number of nitrogens with zero attached hydrogens (tertiary/aromatic N) is 3. The summed E-state index contributed by atoms with van der Waals surface area (Å²) in [5, 5.41) is 0. The molecule has 126 valence electrons. The highest BCUT2D eigenvalue weighted by Crippen LogP contribution is 2.27. The van der Waals surface area contributed by atoms with Crippen molar-refractivity contribution in [3.63, 3.8) is 0 Å². The first kappa shape index (κ1) is 16.3. The van der Waals surface area contributed by atoms with Crippen LogP contribution in [-0.2, 0) is 0 Å². The van der Waals surface area contributed by atoms with Crippen LogP contribution in [0.15, 0.2) is 30.5 Å². The lowest BCUT2D eigenvalue weighted by Gasteiger charge is -2.38. The van der Waals surface area contributed by atoms with Crippen LogP contribution in [0.2, 0.25) is 0 Å². The number of alkyl halides is 3. The molecule has 1 fully saturated rings. The van der Waals surface area contributed by atoms with E-state index in [9.17, 15) is 13.2 Å². The van der Waals surface area contributed by atoms with Crippen molar-refractivity contribution in [2.24, 2.45) is 0 Å². The zero-order valence-corrected chi connectivity index (χ0v) is 13.5. The zero-order chi connectivity index (χ0) is 16.6. The molecule has 1 atom stereocenters. The highest BCUT2D eigenvalue weighted by Gasteiger charge is 2.33. The maximum atomic E-state index is 12.5. The second-order valence-corrected chi connectivity index (χ2v) is 6.31. The van der Waals surface area contributed by atoms with Gasteiger partial charge < -0.3 is 4.40 Å². The summed E-state index contributed by atoms with van der Waals surface area (Å²) in [4.78, 5) is 3.76. The number of pyridine rings is 1. The minimum atomic E-state index is -4.11. The van der Waals surface area contributed by atoms with Gasteiger partial charge in [-0.1, -0.05) is 6.07 Å². The predicted molar refractivity (Wildman–Crippen MR) is 84.6 cm³/mol. The van der Waals surface area contributed by atoms with Gasteiger partial charge in [0.2, 0.25) is 0 Å². The Morgan fingerprint density at radius 2 is 1.78 bits per heavy atom. The summed E-state index contributed by atoms with van der Waals surface area (Å²) in [6.45, 7) is 5.67. The Kier molecular flexibility index (Phi) is 4.38. The number of fused-ring (bicyclic) bond motifs is 1. The van der Waals surface area contributed by atoms with Crippen LogP contribution in [0.1, 0.15) is 24.2 Å². The van der Waals surface area contributed by atoms with Crippen molar-refractivity contribution in [2.75, 3.05) is 32.7 Å². The second kappa shape index (κ2) is 6.17. The highest BCUT2D eigenvalue weighted by molar-refractivity contribution is 5.51. The molecule has 6 heteroatoms. The number of halogens is 3. The zero-order valence-electron chi connectivity index (χ0n) is 13.5. The molecule has 1 aliphatic rings. The highest BCUT2D eigenvalue weighted by atomic mass is 19.4. The quantitative estimate of drug-likeness (QED) is 0.855. The van der Waals surface area contributed by atoms with Crippen LogP contribution < -0.4 is 0 Å². The molecule has 1 aliphatic heterocycles. The van der Waals surface area contributed by atoms with Crippen molar-refractivity contribution >= 4 is 5.52 Å². The Balaban J connectivity index is 1.73. The number of piperazine rings is 1. The molecular formula is C17H22F3N3. The summed E-state index contributed by atoms with van der Waals surface area (Å²) in [5.41, 5.74) is 3.57. The fraction of sp³-hybridized carbons (Fsp3) is 0.529. The van der Waals surface area contributed by atoms with E-state index in [1.165, 1.54) is 16.2 Å². The lowest BCUT2D eigenvalue weighted by molar-refractivity contribution is -0.149. The van der Waals surface area contributed by atoms with Crippen molar-refractivity contribution in [1.82, 2.24) is 14.2 Å². The standard InChI is InChI=1S/C17H22F3N3/c1-13-5-6-15-4-3-7-23(15)16(13)14(2)22-10-8-21(9-11-22)12-17(18,19)20/h3-7,14H,8-12H2,1-2H3. The van der Waals surface area contributed by atoms with Gasteiger partial charge in [-0.15, -0.1) is 0 Å². The number of hydrogen-bond donors (Lipinski definition) is 0. The van der Waals surface area contributed by atoms with Crippen LogP contribution in [0.5, 0.6) is 0 Å². The largest absolute Gasteiger partial charge is 0.401 e. The summed E-state index contributed by atoms with van der Waals surface area (Å²) in [5.74, 6) is 0. The maximum Gasteiger partial charge on any atom is 0.401 e. The second-order valence-electron chi connectivity index (χ2n) is 6.31. The first-order valence-electron chi connectivity index (χ1n) is 7.95. The van der Waals surface area contributed by atoms with Crippen molar-refractivity contribution < 1.29 is 13.2 Å². The molecule has 0 N–H and O–H groups in total. The summed E-state index contributed by atoms with van der Waals surface area (Å²) in [6, 6.07) is 8.47. The molecule has 0 amide bonds. The van der Waals surface area contributed by atoms with Crippen LogP contribution in [0.3, 0.4) is 0 Å². The van der Waals surface area contributed by atoms with Gasteiger partial charge in [0.25, 0.3) is 0 Å². The molecule has 0 aromatic carbocycles. The van der Waals surface area contributed by atoms with Crippen LogP contribution >= 0.6 is 0 Å². The molecule has 0 radical (unpaired) electrons. The molecule has 3 rings (SSSR count). The van der Waals surface area contributed by atoms with Gasteiger partial charge in [-0.05, 0) is 37.6 Å². The first-order chi connectivity index (χ1) is 10.8. The van der Waals surface area contributed by atoms with Crippen LogP contribution in [-0.4, -0.2) is 53.1 Å². The van der Waals surface area contributed by atoms with E-state index in [4.69, 9.17) is 0 Å². The molecule has 1 unspecified atom stereocenters. The summed E-state index contributed by atoms with van der Waals surface area (Å²) in [6.07, 6.45) is -2.06. The van der Waals surface area contributed by atoms with Gasteiger partial charge in [-0.2, -0.15) is 13.2 Å². The lowest BCUT2D eigenvalue weighted by Crippen LogP contribution is -2.49. The van der Waals surface area contributed by atoms with E-state index < -0.39 is 12.7 Å². The van der Waals surface area contributed by atoms with Gasteiger partial charge in [-0.25, -0.2) is 0 Å². The molecule has 2 aromatic rings. The predicted octanol–water partition coefficient (Wildman–Crippen LogP) is 3.49. The van der Waals surface area contributed by atoms with Gasteiger partial charge in [-0.3, -0.25) is 9.80 Å². The van der Waals surface area contributed by atoms with Gasteiger partial charge in [0.15, 0.2) is 0 Å². The number of rotatable bonds is 3. The molecule has 23 heavy (non-hydrogen) atoms. The van der Waals surface area contributed by atoms with Crippen LogP contribution in [0.4, 0.5) is 13.2 Å². The van der Waals surface area contributed by atoms with E-state index in [-0.39, 0.29) is 6.04 Å². The SMILES string of the molecule is Cc1ccc2cccn2c1C(C)N1CCN(CC(F)(F)F)CC1. The Bertz CT molecular complexity index is 669. The van der Waals surface area contributed by atoms with E-state index in [1.54, 1.807) is 0 Å². The molecule has 3 nitrogen and oxygen atoms in total. The van der Waals surface area contributed by atoms with Crippen molar-refractivity contribution in [1.29, 1.82) is 0 Å². The minimum absolute atomic E-state index is 0.180. The van der Waals surface area contributed by atoms with Crippen molar-refractivity contribution in [3.8, 4) is 0 Å². The van der Waals surface area contributed by atoms with Crippen LogP contribution in [0.25, 0.3) is 5.52 Å². The third kappa shape index (κ3) is 3.53. The third-order valence-electron chi connectivity index (χ3n) is 4.70. The minimum Gasteiger partial charge on any atom is -0.319 e. The smallest absolute Gasteiger partial charge is 0.319 e. The fourth-order valence-electron chi connectivity index (χ4n) is 3.50. The van der Waals surface area contributed by atoms with E-state index >= 15 is 0 Å². The molecule has 3 heterocycles. The number of hydrogen-bond acceptors (Lipinski definition) is 2. The molecule has 0 bridgehead atoms. The fourth-order valence-corrected chi connectivity index (χ4v) is 3.50. The van der Waals surface area contributed by atoms with Crippen molar-refractivity contribution in [2.45, 2.75) is 26.1 Å². The van der Waals surface area contributed by atoms with Gasteiger partial charge in [0.05, 0.1) is 6.54 Å². The van der Waals surface area contributed by atoms with Gasteiger partial charge in [0, 0.05) is 49.6 Å². The summed E-state index contributed by atoms with van der Waals surface area (Å²) < 4.78 is 39.7. The molecule has 2 aromatic heterocycles. The maximum absolute atomic E-state index is 12.5. The van der Waals surface area contributed by atoms with E-state index in [0.29, 0.717) is 26.2 Å². The Morgan fingerprint density at radius 3 is 2.43 bits per heavy atom. The number of aromatic nitrogens is 1. The first-order valence-corrected chi connectivity index (χ1v) is 7.95. The molecule has 0 aliphatic carbocycles. The van der Waals surface area contributed by atoms with E-state index in [2.05, 4.69) is 41.3 Å². The molecular weight excluding hydrogens is 303 g/mol. The Morgan fingerprint density at radius 1 is 1.09 bits per heavy atom. The number of aryl methyl sites for hydroxylation is 1. The van der Waals surface area contributed by atoms with E-state index in [0.717, 1.165) is 5.52 Å². The third-order valence-corrected chi connectivity index (χ3v) is 4.70. The monoisotopic (exact) mass is 325 g/mol. The lowest BCUT2D eigenvalue weighted by atomic mass is 10.1. The van der Waals surface area contributed by atoms with E-state index in [1.807, 2.05) is 12.3 Å². The summed E-state index contributed by atoms with van der Waals surface area (Å²) in [7, 11) is 0. The molecule has 1 saturated heterocycles. The van der Waals surface area contributed by atoms with Crippen LogP contribution in [0, 0.1) is 6.92 Å². The Labute approximate surface area is 134 Å². The molecule has 0 saturated carbocycles. The topological polar surface area (TPSA) is 10.9 Å². The Hall–Kier alpha value is -1.53. The van der Waals surface area contributed by atoms with Gasteiger partial charge in [0.1, 0.15) is 0 Å². The van der Waals surface area contributed by atoms with Crippen molar-refractivity contribution in [3.05, 3.63) is 41.7 Å². The normalized spacial score (nSPS) is 19.3. The average Bonchev–Trinajstić information content (AvgIpc) is 2.94.